The Bertz CT molecular complexity index is 824. The van der Waals surface area contributed by atoms with E-state index in [0.29, 0.717) is 12.1 Å². The fourth-order valence-corrected chi connectivity index (χ4v) is 3.26. The van der Waals surface area contributed by atoms with Crippen LogP contribution in [-0.4, -0.2) is 47.5 Å². The Balaban J connectivity index is 3.19. The van der Waals surface area contributed by atoms with Crippen LogP contribution in [-0.2, 0) is 20.7 Å². The highest BCUT2D eigenvalue weighted by Crippen LogP contribution is 2.23. The van der Waals surface area contributed by atoms with Gasteiger partial charge in [-0.1, -0.05) is 51.0 Å². The Morgan fingerprint density at radius 1 is 1.12 bits per heavy atom. The predicted octanol–water partition coefficient (Wildman–Crippen LogP) is 3.86. The molecule has 182 valence electrons. The largest absolute Gasteiger partial charge is 0.444 e. The van der Waals surface area contributed by atoms with E-state index in [1.807, 2.05) is 25.1 Å². The number of rotatable bonds is 11. The monoisotopic (exact) mass is 458 g/mol. The van der Waals surface area contributed by atoms with Gasteiger partial charge in [-0.25, -0.2) is 4.79 Å². The Hall–Kier alpha value is -3.08. The van der Waals surface area contributed by atoms with Crippen LogP contribution in [0.3, 0.4) is 0 Å². The van der Waals surface area contributed by atoms with Crippen LogP contribution in [0.5, 0.6) is 0 Å². The van der Waals surface area contributed by atoms with Gasteiger partial charge in [0.2, 0.25) is 11.8 Å². The molecule has 0 radical (unpaired) electrons. The van der Waals surface area contributed by atoms with Crippen molar-refractivity contribution in [2.75, 3.05) is 13.1 Å². The predicted molar refractivity (Wildman–Crippen MR) is 127 cm³/mol. The van der Waals surface area contributed by atoms with Gasteiger partial charge in [0.1, 0.15) is 24.2 Å². The van der Waals surface area contributed by atoms with E-state index in [2.05, 4.69) is 17.6 Å². The molecule has 0 spiro atoms. The van der Waals surface area contributed by atoms with E-state index >= 15 is 0 Å². The van der Waals surface area contributed by atoms with Gasteiger partial charge >= 0.3 is 6.09 Å². The number of alkyl carbamates (subject to hydrolysis) is 1. The maximum atomic E-state index is 13.3. The van der Waals surface area contributed by atoms with E-state index in [1.165, 1.54) is 11.8 Å². The first-order valence-corrected chi connectivity index (χ1v) is 11.6. The molecule has 33 heavy (non-hydrogen) atoms. The topological polar surface area (TPSA) is 112 Å². The zero-order valence-electron chi connectivity index (χ0n) is 20.7. The van der Waals surface area contributed by atoms with Crippen molar-refractivity contribution in [3.05, 3.63) is 35.4 Å². The molecule has 0 saturated heterocycles. The molecule has 0 aromatic heterocycles. The van der Waals surface area contributed by atoms with Crippen LogP contribution in [0.25, 0.3) is 0 Å². The molecule has 2 atom stereocenters. The number of carbonyl (C=O) groups is 3. The fourth-order valence-electron chi connectivity index (χ4n) is 3.26. The number of nitriles is 1. The maximum absolute atomic E-state index is 13.3. The molecule has 3 amide bonds. The molecule has 0 bridgehead atoms. The first kappa shape index (κ1) is 28.0. The highest BCUT2D eigenvalue weighted by atomic mass is 16.6. The van der Waals surface area contributed by atoms with Crippen LogP contribution in [0.2, 0.25) is 0 Å². The summed E-state index contributed by atoms with van der Waals surface area (Å²) in [6.07, 6.45) is 2.92. The second-order valence-electron chi connectivity index (χ2n) is 8.99. The van der Waals surface area contributed by atoms with Gasteiger partial charge in [-0.3, -0.25) is 9.59 Å². The summed E-state index contributed by atoms with van der Waals surface area (Å²) in [7, 11) is 0. The summed E-state index contributed by atoms with van der Waals surface area (Å²) in [6, 6.07) is 7.42. The van der Waals surface area contributed by atoms with Crippen molar-refractivity contribution in [2.45, 2.75) is 84.9 Å². The summed E-state index contributed by atoms with van der Waals surface area (Å²) < 4.78 is 5.23. The van der Waals surface area contributed by atoms with Crippen molar-refractivity contribution in [3.8, 4) is 6.07 Å². The summed E-state index contributed by atoms with van der Waals surface area (Å²) in [4.78, 5) is 39.8. The van der Waals surface area contributed by atoms with E-state index in [4.69, 9.17) is 4.74 Å². The molecule has 0 saturated carbocycles. The van der Waals surface area contributed by atoms with Crippen molar-refractivity contribution in [2.24, 2.45) is 0 Å². The molecule has 8 heteroatoms. The fraction of sp³-hybridized carbons (Fsp3) is 0.600. The van der Waals surface area contributed by atoms with E-state index in [-0.39, 0.29) is 12.5 Å². The van der Waals surface area contributed by atoms with E-state index < -0.39 is 29.7 Å². The molecule has 1 aromatic carbocycles. The summed E-state index contributed by atoms with van der Waals surface area (Å²) in [5.74, 6) is -0.904. The number of hydrogen-bond donors (Lipinski definition) is 2. The smallest absolute Gasteiger partial charge is 0.408 e. The van der Waals surface area contributed by atoms with Crippen LogP contribution < -0.4 is 10.6 Å². The minimum Gasteiger partial charge on any atom is -0.444 e. The van der Waals surface area contributed by atoms with Gasteiger partial charge in [0.15, 0.2) is 0 Å². The van der Waals surface area contributed by atoms with Crippen molar-refractivity contribution >= 4 is 17.9 Å². The Morgan fingerprint density at radius 3 is 2.27 bits per heavy atom. The minimum atomic E-state index is -0.993. The lowest BCUT2D eigenvalue weighted by Gasteiger charge is -2.32. The third-order valence-corrected chi connectivity index (χ3v) is 4.97. The van der Waals surface area contributed by atoms with Gasteiger partial charge in [-0.05, 0) is 51.7 Å². The highest BCUT2D eigenvalue weighted by Gasteiger charge is 2.34. The van der Waals surface area contributed by atoms with Gasteiger partial charge in [-0.15, -0.1) is 0 Å². The number of amides is 3. The van der Waals surface area contributed by atoms with E-state index in [0.717, 1.165) is 31.2 Å². The average Bonchev–Trinajstić information content (AvgIpc) is 2.75. The van der Waals surface area contributed by atoms with Gasteiger partial charge in [0.05, 0.1) is 6.07 Å². The zero-order chi connectivity index (χ0) is 25.0. The maximum Gasteiger partial charge on any atom is 0.408 e. The number of nitrogens with one attached hydrogen (secondary N) is 2. The first-order chi connectivity index (χ1) is 15.5. The molecule has 1 rings (SSSR count). The molecular weight excluding hydrogens is 420 g/mol. The second-order valence-corrected chi connectivity index (χ2v) is 8.99. The Kier molecular flexibility index (Phi) is 11.4. The number of benzene rings is 1. The van der Waals surface area contributed by atoms with Gasteiger partial charge in [0.25, 0.3) is 0 Å². The van der Waals surface area contributed by atoms with E-state index in [1.54, 1.807) is 32.9 Å². The SMILES string of the molecule is CCCCCNC(=O)C(c1ccc(CC)cc1)N(CC#N)C(=O)C(C)NC(=O)OC(C)(C)C. The number of ether oxygens (including phenoxy) is 1. The summed E-state index contributed by atoms with van der Waals surface area (Å²) in [5.41, 5.74) is 0.980. The van der Waals surface area contributed by atoms with Crippen molar-refractivity contribution in [1.29, 1.82) is 5.26 Å². The molecule has 2 N–H and O–H groups in total. The van der Waals surface area contributed by atoms with E-state index in [9.17, 15) is 19.6 Å². The molecule has 8 nitrogen and oxygen atoms in total. The number of nitrogens with zero attached hydrogens (tertiary/aromatic N) is 2. The van der Waals surface area contributed by atoms with Gasteiger partial charge in [-0.2, -0.15) is 5.26 Å². The number of carbonyl (C=O) groups excluding carboxylic acids is 3. The number of hydrogen-bond acceptors (Lipinski definition) is 5. The highest BCUT2D eigenvalue weighted by molar-refractivity contribution is 5.92. The van der Waals surface area contributed by atoms with Gasteiger partial charge < -0.3 is 20.3 Å². The molecule has 0 aliphatic rings. The zero-order valence-corrected chi connectivity index (χ0v) is 20.7. The molecule has 0 aliphatic carbocycles. The molecule has 1 aromatic rings. The minimum absolute atomic E-state index is 0.304. The third kappa shape index (κ3) is 9.52. The van der Waals surface area contributed by atoms with Gasteiger partial charge in [0, 0.05) is 6.54 Å². The first-order valence-electron chi connectivity index (χ1n) is 11.6. The van der Waals surface area contributed by atoms with Crippen LogP contribution in [0.1, 0.15) is 78.0 Å². The third-order valence-electron chi connectivity index (χ3n) is 4.97. The molecular formula is C25H38N4O4. The standard InChI is InChI=1S/C25H38N4O4/c1-7-9-10-16-27-22(30)21(20-13-11-19(8-2)12-14-20)29(17-15-26)23(31)18(3)28-24(32)33-25(4,5)6/h11-14,18,21H,7-10,16-17H2,1-6H3,(H,27,30)(H,28,32). The second kappa shape index (κ2) is 13.5. The lowest BCUT2D eigenvalue weighted by molar-refractivity contribution is -0.141. The molecule has 0 aliphatic heterocycles. The lowest BCUT2D eigenvalue weighted by Crippen LogP contribution is -2.52. The van der Waals surface area contributed by atoms with Crippen LogP contribution in [0, 0.1) is 11.3 Å². The summed E-state index contributed by atoms with van der Waals surface area (Å²) in [6.45, 7) is 11.0. The normalized spacial score (nSPS) is 12.8. The van der Waals surface area contributed by atoms with Crippen molar-refractivity contribution < 1.29 is 19.1 Å². The van der Waals surface area contributed by atoms with Crippen molar-refractivity contribution in [1.82, 2.24) is 15.5 Å². The molecule has 0 heterocycles. The quantitative estimate of drug-likeness (QED) is 0.386. The van der Waals surface area contributed by atoms with Crippen LogP contribution >= 0.6 is 0 Å². The number of aryl methyl sites for hydroxylation is 1. The summed E-state index contributed by atoms with van der Waals surface area (Å²) >= 11 is 0. The Morgan fingerprint density at radius 2 is 1.76 bits per heavy atom. The molecule has 2 unspecified atom stereocenters. The Labute approximate surface area is 197 Å². The number of unbranched alkanes of at least 4 members (excludes halogenated alkanes) is 2. The van der Waals surface area contributed by atoms with Crippen molar-refractivity contribution in [3.63, 3.8) is 0 Å². The summed E-state index contributed by atoms with van der Waals surface area (Å²) in [5, 5.41) is 14.8. The average molecular weight is 459 g/mol. The molecule has 0 fully saturated rings. The van der Waals surface area contributed by atoms with Crippen LogP contribution in [0.15, 0.2) is 24.3 Å². The lowest BCUT2D eigenvalue weighted by atomic mass is 10.0. The van der Waals surface area contributed by atoms with Crippen LogP contribution in [0.4, 0.5) is 4.79 Å².